The number of aromatic nitrogens is 2. The molecule has 0 radical (unpaired) electrons. The van der Waals surface area contributed by atoms with Crippen molar-refractivity contribution in [1.82, 2.24) is 9.38 Å². The predicted octanol–water partition coefficient (Wildman–Crippen LogP) is 1.95. The van der Waals surface area contributed by atoms with Crippen LogP contribution in [0.2, 0.25) is 5.15 Å². The van der Waals surface area contributed by atoms with Crippen molar-refractivity contribution < 1.29 is 4.79 Å². The van der Waals surface area contributed by atoms with Crippen LogP contribution in [0.4, 0.5) is 5.69 Å². The van der Waals surface area contributed by atoms with Gasteiger partial charge in [-0.3, -0.25) is 4.40 Å². The van der Waals surface area contributed by atoms with Crippen LogP contribution in [0.15, 0.2) is 29.5 Å². The summed E-state index contributed by atoms with van der Waals surface area (Å²) in [4.78, 5) is 17.5. The third kappa shape index (κ3) is 1.33. The molecule has 0 fully saturated rings. The van der Waals surface area contributed by atoms with Gasteiger partial charge in [-0.1, -0.05) is 11.6 Å². The Morgan fingerprint density at radius 2 is 2.38 bits per heavy atom. The molecule has 64 valence electrons. The lowest BCUT2D eigenvalue weighted by atomic mass is 10.4. The van der Waals surface area contributed by atoms with E-state index in [1.165, 1.54) is 12.3 Å². The summed E-state index contributed by atoms with van der Waals surface area (Å²) in [6.45, 7) is 0. The fraction of sp³-hybridized carbons (Fsp3) is 0. The topological polar surface area (TPSA) is 46.7 Å². The summed E-state index contributed by atoms with van der Waals surface area (Å²) >= 11 is 5.80. The van der Waals surface area contributed by atoms with Crippen molar-refractivity contribution in [2.45, 2.75) is 0 Å². The lowest BCUT2D eigenvalue weighted by molar-refractivity contribution is 0.565. The molecule has 13 heavy (non-hydrogen) atoms. The SMILES string of the molecule is O=C=Nc1ccc2ncc(Cl)n2c1. The molecule has 0 saturated carbocycles. The highest BCUT2D eigenvalue weighted by atomic mass is 35.5. The number of nitrogens with zero attached hydrogens (tertiary/aromatic N) is 3. The zero-order valence-electron chi connectivity index (χ0n) is 6.44. The van der Waals surface area contributed by atoms with Crippen molar-refractivity contribution in [2.75, 3.05) is 0 Å². The van der Waals surface area contributed by atoms with Gasteiger partial charge in [0.15, 0.2) is 0 Å². The summed E-state index contributed by atoms with van der Waals surface area (Å²) in [5.74, 6) is 0. The number of carbonyl (C=O) groups excluding carboxylic acids is 1. The Labute approximate surface area is 78.5 Å². The molecular formula is C8H4ClN3O. The van der Waals surface area contributed by atoms with E-state index in [4.69, 9.17) is 11.6 Å². The Kier molecular flexibility index (Phi) is 1.85. The first kappa shape index (κ1) is 7.98. The van der Waals surface area contributed by atoms with Crippen LogP contribution in [-0.2, 0) is 4.79 Å². The van der Waals surface area contributed by atoms with Crippen molar-refractivity contribution in [3.8, 4) is 0 Å². The molecule has 2 aromatic rings. The van der Waals surface area contributed by atoms with Gasteiger partial charge in [-0.15, -0.1) is 0 Å². The fourth-order valence-electron chi connectivity index (χ4n) is 1.06. The number of rotatable bonds is 1. The van der Waals surface area contributed by atoms with E-state index < -0.39 is 0 Å². The predicted molar refractivity (Wildman–Crippen MR) is 48.0 cm³/mol. The summed E-state index contributed by atoms with van der Waals surface area (Å²) in [5, 5.41) is 0.484. The average molecular weight is 194 g/mol. The van der Waals surface area contributed by atoms with Gasteiger partial charge in [0.1, 0.15) is 10.8 Å². The third-order valence-corrected chi connectivity index (χ3v) is 1.90. The van der Waals surface area contributed by atoms with E-state index in [9.17, 15) is 4.79 Å². The summed E-state index contributed by atoms with van der Waals surface area (Å²) in [6, 6.07) is 3.39. The maximum Gasteiger partial charge on any atom is 0.240 e. The minimum Gasteiger partial charge on any atom is -0.288 e. The number of hydrogen-bond acceptors (Lipinski definition) is 3. The normalized spacial score (nSPS) is 9.92. The van der Waals surface area contributed by atoms with E-state index in [0.29, 0.717) is 10.8 Å². The molecule has 5 heteroatoms. The first-order valence-electron chi connectivity index (χ1n) is 3.52. The van der Waals surface area contributed by atoms with Crippen molar-refractivity contribution in [3.63, 3.8) is 0 Å². The van der Waals surface area contributed by atoms with Gasteiger partial charge in [-0.2, -0.15) is 4.99 Å². The maximum atomic E-state index is 9.98. The van der Waals surface area contributed by atoms with Crippen LogP contribution in [0.1, 0.15) is 0 Å². The summed E-state index contributed by atoms with van der Waals surface area (Å²) in [5.41, 5.74) is 1.22. The molecule has 0 aliphatic carbocycles. The van der Waals surface area contributed by atoms with Gasteiger partial charge in [0.25, 0.3) is 0 Å². The van der Waals surface area contributed by atoms with E-state index in [1.54, 1.807) is 22.7 Å². The average Bonchev–Trinajstić information content (AvgIpc) is 2.49. The number of isocyanates is 1. The lowest BCUT2D eigenvalue weighted by Crippen LogP contribution is -1.82. The van der Waals surface area contributed by atoms with Crippen LogP contribution >= 0.6 is 11.6 Å². The molecule has 0 atom stereocenters. The maximum absolute atomic E-state index is 9.98. The minimum atomic E-state index is 0.484. The first-order chi connectivity index (χ1) is 6.31. The molecule has 0 aliphatic heterocycles. The molecule has 0 saturated heterocycles. The van der Waals surface area contributed by atoms with Crippen LogP contribution in [0.3, 0.4) is 0 Å². The molecule has 2 rings (SSSR count). The van der Waals surface area contributed by atoms with Gasteiger partial charge in [-0.25, -0.2) is 9.78 Å². The van der Waals surface area contributed by atoms with E-state index in [-0.39, 0.29) is 0 Å². The second-order valence-corrected chi connectivity index (χ2v) is 2.79. The van der Waals surface area contributed by atoms with Crippen molar-refractivity contribution in [2.24, 2.45) is 4.99 Å². The molecule has 0 aliphatic rings. The molecule has 2 aromatic heterocycles. The minimum absolute atomic E-state index is 0.484. The number of fused-ring (bicyclic) bond motifs is 1. The van der Waals surface area contributed by atoms with Gasteiger partial charge in [0.2, 0.25) is 6.08 Å². The van der Waals surface area contributed by atoms with Crippen LogP contribution in [-0.4, -0.2) is 15.5 Å². The van der Waals surface area contributed by atoms with Gasteiger partial charge in [0, 0.05) is 6.20 Å². The molecule has 0 bridgehead atoms. The molecule has 2 heterocycles. The zero-order valence-corrected chi connectivity index (χ0v) is 7.19. The zero-order chi connectivity index (χ0) is 9.26. The van der Waals surface area contributed by atoms with Gasteiger partial charge >= 0.3 is 0 Å². The van der Waals surface area contributed by atoms with E-state index in [0.717, 1.165) is 5.65 Å². The summed E-state index contributed by atoms with van der Waals surface area (Å²) in [7, 11) is 0. The number of aliphatic imine (C=N–C) groups is 1. The molecule has 0 spiro atoms. The summed E-state index contributed by atoms with van der Waals surface area (Å²) < 4.78 is 1.64. The highest BCUT2D eigenvalue weighted by Crippen LogP contribution is 2.17. The molecule has 0 amide bonds. The first-order valence-corrected chi connectivity index (χ1v) is 3.89. The molecule has 0 N–H and O–H groups in total. The third-order valence-electron chi connectivity index (χ3n) is 1.62. The quantitative estimate of drug-likeness (QED) is 0.513. The standard InChI is InChI=1S/C8H4ClN3O/c9-7-3-10-8-2-1-6(11-5-13)4-12(7)8/h1-4H. The number of hydrogen-bond donors (Lipinski definition) is 0. The molecular weight excluding hydrogens is 190 g/mol. The van der Waals surface area contributed by atoms with Crippen LogP contribution < -0.4 is 0 Å². The Morgan fingerprint density at radius 1 is 1.54 bits per heavy atom. The lowest BCUT2D eigenvalue weighted by Gasteiger charge is -1.94. The number of pyridine rings is 1. The Morgan fingerprint density at radius 3 is 3.15 bits per heavy atom. The Bertz CT molecular complexity index is 499. The fourth-order valence-corrected chi connectivity index (χ4v) is 1.24. The van der Waals surface area contributed by atoms with Gasteiger partial charge < -0.3 is 0 Å². The Balaban J connectivity index is 2.72. The van der Waals surface area contributed by atoms with Crippen LogP contribution in [0.5, 0.6) is 0 Å². The van der Waals surface area contributed by atoms with Crippen LogP contribution in [0, 0.1) is 0 Å². The highest BCUT2D eigenvalue weighted by Gasteiger charge is 1.99. The van der Waals surface area contributed by atoms with Crippen molar-refractivity contribution in [3.05, 3.63) is 29.7 Å². The second-order valence-electron chi connectivity index (χ2n) is 2.40. The highest BCUT2D eigenvalue weighted by molar-refractivity contribution is 6.29. The number of imidazole rings is 1. The number of halogens is 1. The van der Waals surface area contributed by atoms with Crippen molar-refractivity contribution >= 4 is 29.0 Å². The van der Waals surface area contributed by atoms with E-state index in [2.05, 4.69) is 9.98 Å². The van der Waals surface area contributed by atoms with Gasteiger partial charge in [0.05, 0.1) is 11.9 Å². The van der Waals surface area contributed by atoms with E-state index in [1.807, 2.05) is 0 Å². The second kappa shape index (κ2) is 3.01. The van der Waals surface area contributed by atoms with Crippen LogP contribution in [0.25, 0.3) is 5.65 Å². The largest absolute Gasteiger partial charge is 0.288 e. The Hall–Kier alpha value is -1.64. The smallest absolute Gasteiger partial charge is 0.240 e. The van der Waals surface area contributed by atoms with Gasteiger partial charge in [-0.05, 0) is 12.1 Å². The molecule has 4 nitrogen and oxygen atoms in total. The monoisotopic (exact) mass is 193 g/mol. The van der Waals surface area contributed by atoms with Crippen molar-refractivity contribution in [1.29, 1.82) is 0 Å². The molecule has 0 aromatic carbocycles. The van der Waals surface area contributed by atoms with E-state index >= 15 is 0 Å². The molecule has 0 unspecified atom stereocenters. The summed E-state index contributed by atoms with van der Waals surface area (Å²) in [6.07, 6.45) is 4.61.